The number of fused-ring (bicyclic) bond motifs is 2. The van der Waals surface area contributed by atoms with Gasteiger partial charge < -0.3 is 19.2 Å². The van der Waals surface area contributed by atoms with Crippen LogP contribution in [0, 0.1) is 4.64 Å². The lowest BCUT2D eigenvalue weighted by Crippen LogP contribution is -2.08. The molecule has 0 aliphatic carbocycles. The van der Waals surface area contributed by atoms with Crippen molar-refractivity contribution in [3.05, 3.63) is 56.6 Å². The number of para-hydroxylation sites is 1. The monoisotopic (exact) mass is 430 g/mol. The Morgan fingerprint density at radius 2 is 2.04 bits per heavy atom. The maximum absolute atomic E-state index is 6.05. The number of ether oxygens (including phenoxy) is 3. The third-order valence-corrected chi connectivity index (χ3v) is 5.07. The van der Waals surface area contributed by atoms with Gasteiger partial charge in [0.15, 0.2) is 11.5 Å². The molecule has 0 amide bonds. The number of hydrogen-bond acceptors (Lipinski definition) is 5. The minimum atomic E-state index is 0.504. The number of aromatic nitrogens is 2. The number of methoxy groups -OCH3 is 2. The second-order valence-electron chi connectivity index (χ2n) is 5.77. The summed E-state index contributed by atoms with van der Waals surface area (Å²) in [4.78, 5) is 7.82. The SMILES string of the molecule is COc1cccc(-c2nc(=S)c3c([nH]2)Oc2ccc(Br)cc2C3)c1OC. The molecule has 132 valence electrons. The Kier molecular flexibility index (Phi) is 4.42. The summed E-state index contributed by atoms with van der Waals surface area (Å²) >= 11 is 9.02. The van der Waals surface area contributed by atoms with E-state index in [4.69, 9.17) is 26.4 Å². The summed E-state index contributed by atoms with van der Waals surface area (Å²) in [6.45, 7) is 0. The molecule has 5 nitrogen and oxygen atoms in total. The van der Waals surface area contributed by atoms with Crippen molar-refractivity contribution in [3.63, 3.8) is 0 Å². The van der Waals surface area contributed by atoms with E-state index in [0.29, 0.717) is 34.3 Å². The second-order valence-corrected chi connectivity index (χ2v) is 7.07. The van der Waals surface area contributed by atoms with Gasteiger partial charge in [-0.2, -0.15) is 0 Å². The Bertz CT molecular complexity index is 1070. The molecule has 1 aliphatic heterocycles. The van der Waals surface area contributed by atoms with Gasteiger partial charge in [0.05, 0.1) is 25.3 Å². The highest BCUT2D eigenvalue weighted by molar-refractivity contribution is 9.10. The lowest BCUT2D eigenvalue weighted by Gasteiger charge is -2.21. The first-order valence-electron chi connectivity index (χ1n) is 7.91. The van der Waals surface area contributed by atoms with Crippen LogP contribution in [0.4, 0.5) is 0 Å². The molecular weight excluding hydrogens is 416 g/mol. The number of nitrogens with one attached hydrogen (secondary N) is 1. The van der Waals surface area contributed by atoms with Crippen LogP contribution < -0.4 is 14.2 Å². The third kappa shape index (κ3) is 2.87. The molecule has 0 saturated carbocycles. The Hall–Kier alpha value is -2.38. The largest absolute Gasteiger partial charge is 0.493 e. The van der Waals surface area contributed by atoms with Crippen LogP contribution in [0.1, 0.15) is 11.1 Å². The number of aromatic amines is 1. The molecule has 1 aliphatic rings. The van der Waals surface area contributed by atoms with Gasteiger partial charge in [-0.3, -0.25) is 0 Å². The standard InChI is InChI=1S/C19H15BrN2O3S/c1-23-15-5-3-4-12(16(15)24-2)17-21-18-13(19(26)22-17)9-10-8-11(20)6-7-14(10)25-18/h3-8H,9H2,1-2H3,(H,21,22,26). The van der Waals surface area contributed by atoms with E-state index in [2.05, 4.69) is 25.9 Å². The zero-order valence-corrected chi connectivity index (χ0v) is 16.5. The molecule has 1 aromatic heterocycles. The first-order valence-corrected chi connectivity index (χ1v) is 9.11. The predicted octanol–water partition coefficient (Wildman–Crippen LogP) is 5.28. The molecule has 2 aromatic carbocycles. The molecule has 3 aromatic rings. The van der Waals surface area contributed by atoms with Gasteiger partial charge in [0.1, 0.15) is 16.2 Å². The molecule has 4 rings (SSSR count). The molecule has 1 N–H and O–H groups in total. The van der Waals surface area contributed by atoms with Crippen LogP contribution in [0.25, 0.3) is 11.4 Å². The van der Waals surface area contributed by atoms with Gasteiger partial charge in [-0.1, -0.05) is 34.2 Å². The van der Waals surface area contributed by atoms with Crippen molar-refractivity contribution in [2.45, 2.75) is 6.42 Å². The Labute approximate surface area is 164 Å². The van der Waals surface area contributed by atoms with E-state index in [-0.39, 0.29) is 0 Å². The summed E-state index contributed by atoms with van der Waals surface area (Å²) < 4.78 is 18.4. The number of rotatable bonds is 3. The molecule has 0 atom stereocenters. The fraction of sp³-hybridized carbons (Fsp3) is 0.158. The number of nitrogens with zero attached hydrogens (tertiary/aromatic N) is 1. The predicted molar refractivity (Wildman–Crippen MR) is 105 cm³/mol. The average molecular weight is 431 g/mol. The highest BCUT2D eigenvalue weighted by Crippen LogP contribution is 2.40. The molecular formula is C19H15BrN2O3S. The van der Waals surface area contributed by atoms with Gasteiger partial charge in [-0.05, 0) is 30.3 Å². The Morgan fingerprint density at radius 1 is 1.19 bits per heavy atom. The smallest absolute Gasteiger partial charge is 0.205 e. The first kappa shape index (κ1) is 17.1. The fourth-order valence-electron chi connectivity index (χ4n) is 3.01. The van der Waals surface area contributed by atoms with Crippen LogP contribution in [0.3, 0.4) is 0 Å². The van der Waals surface area contributed by atoms with Crippen molar-refractivity contribution in [2.75, 3.05) is 14.2 Å². The van der Waals surface area contributed by atoms with Crippen LogP contribution >= 0.6 is 28.1 Å². The third-order valence-electron chi connectivity index (χ3n) is 4.24. The van der Waals surface area contributed by atoms with E-state index in [1.54, 1.807) is 14.2 Å². The number of H-pyrrole nitrogens is 1. The Morgan fingerprint density at radius 3 is 2.81 bits per heavy atom. The molecule has 0 unspecified atom stereocenters. The minimum Gasteiger partial charge on any atom is -0.493 e. The summed E-state index contributed by atoms with van der Waals surface area (Å²) in [5.41, 5.74) is 2.70. The highest BCUT2D eigenvalue weighted by atomic mass is 79.9. The lowest BCUT2D eigenvalue weighted by atomic mass is 10.0. The van der Waals surface area contributed by atoms with Crippen molar-refractivity contribution in [1.82, 2.24) is 9.97 Å². The molecule has 2 heterocycles. The molecule has 7 heteroatoms. The molecule has 0 bridgehead atoms. The van der Waals surface area contributed by atoms with E-state index in [1.165, 1.54) is 0 Å². The fourth-order valence-corrected chi connectivity index (χ4v) is 3.67. The maximum Gasteiger partial charge on any atom is 0.205 e. The van der Waals surface area contributed by atoms with Crippen LogP contribution in [-0.4, -0.2) is 24.2 Å². The average Bonchev–Trinajstić information content (AvgIpc) is 2.66. The summed E-state index contributed by atoms with van der Waals surface area (Å²) in [6.07, 6.45) is 0.669. The van der Waals surface area contributed by atoms with Crippen molar-refractivity contribution in [3.8, 4) is 34.5 Å². The van der Waals surface area contributed by atoms with E-state index in [0.717, 1.165) is 26.9 Å². The summed E-state index contributed by atoms with van der Waals surface area (Å²) in [6, 6.07) is 11.5. The van der Waals surface area contributed by atoms with Gasteiger partial charge in [-0.15, -0.1) is 0 Å². The normalized spacial score (nSPS) is 12.0. The van der Waals surface area contributed by atoms with Gasteiger partial charge in [0.2, 0.25) is 5.88 Å². The summed E-state index contributed by atoms with van der Waals surface area (Å²) in [5, 5.41) is 0. The van der Waals surface area contributed by atoms with Gasteiger partial charge in [0.25, 0.3) is 0 Å². The first-order chi connectivity index (χ1) is 12.6. The van der Waals surface area contributed by atoms with Gasteiger partial charge >= 0.3 is 0 Å². The van der Waals surface area contributed by atoms with Gasteiger partial charge in [0, 0.05) is 16.5 Å². The Balaban J connectivity index is 1.84. The molecule has 0 saturated heterocycles. The van der Waals surface area contributed by atoms with E-state index < -0.39 is 0 Å². The zero-order chi connectivity index (χ0) is 18.3. The quantitative estimate of drug-likeness (QED) is 0.447. The van der Waals surface area contributed by atoms with Crippen molar-refractivity contribution in [1.29, 1.82) is 0 Å². The number of benzene rings is 2. The second kappa shape index (κ2) is 6.74. The number of hydrogen-bond donors (Lipinski definition) is 1. The van der Waals surface area contributed by atoms with Crippen LogP contribution in [0.2, 0.25) is 0 Å². The molecule has 0 fully saturated rings. The minimum absolute atomic E-state index is 0.504. The van der Waals surface area contributed by atoms with Crippen molar-refractivity contribution >= 4 is 28.1 Å². The van der Waals surface area contributed by atoms with Crippen LogP contribution in [0.5, 0.6) is 23.1 Å². The lowest BCUT2D eigenvalue weighted by molar-refractivity contribution is 0.356. The van der Waals surface area contributed by atoms with Crippen molar-refractivity contribution < 1.29 is 14.2 Å². The van der Waals surface area contributed by atoms with Crippen LogP contribution in [0.15, 0.2) is 40.9 Å². The van der Waals surface area contributed by atoms with E-state index >= 15 is 0 Å². The van der Waals surface area contributed by atoms with E-state index in [9.17, 15) is 0 Å². The molecule has 0 spiro atoms. The van der Waals surface area contributed by atoms with Gasteiger partial charge in [-0.25, -0.2) is 4.98 Å². The highest BCUT2D eigenvalue weighted by Gasteiger charge is 2.22. The topological polar surface area (TPSA) is 56.4 Å². The maximum atomic E-state index is 6.05. The molecule has 0 radical (unpaired) electrons. The zero-order valence-electron chi connectivity index (χ0n) is 14.1. The summed E-state index contributed by atoms with van der Waals surface area (Å²) in [7, 11) is 3.20. The van der Waals surface area contributed by atoms with E-state index in [1.807, 2.05) is 36.4 Å². The number of halogens is 1. The van der Waals surface area contributed by atoms with Crippen molar-refractivity contribution in [2.24, 2.45) is 0 Å². The molecule has 26 heavy (non-hydrogen) atoms. The van der Waals surface area contributed by atoms with Crippen LogP contribution in [-0.2, 0) is 6.42 Å². The summed E-state index contributed by atoms with van der Waals surface area (Å²) in [5.74, 6) is 3.21.